The molecular weight excluding hydrogens is 360 g/mol. The van der Waals surface area contributed by atoms with Crippen LogP contribution < -0.4 is 5.32 Å². The summed E-state index contributed by atoms with van der Waals surface area (Å²) in [6.07, 6.45) is 5.41. The first-order valence-corrected chi connectivity index (χ1v) is 9.83. The SMILES string of the molecule is CN(C)C(=O)c1ccc(NCC(c2ccc(Cl)cc2)N2CCCCC2)nc1. The number of pyridine rings is 1. The van der Waals surface area contributed by atoms with Crippen molar-refractivity contribution < 1.29 is 4.79 Å². The number of hydrogen-bond acceptors (Lipinski definition) is 4. The van der Waals surface area contributed by atoms with Gasteiger partial charge in [0.15, 0.2) is 0 Å². The predicted octanol–water partition coefficient (Wildman–Crippen LogP) is 4.08. The summed E-state index contributed by atoms with van der Waals surface area (Å²) >= 11 is 6.07. The second-order valence-corrected chi connectivity index (χ2v) is 7.61. The van der Waals surface area contributed by atoms with E-state index in [2.05, 4.69) is 27.3 Å². The fourth-order valence-electron chi connectivity index (χ4n) is 3.46. The first kappa shape index (κ1) is 19.6. The normalized spacial score (nSPS) is 16.0. The average molecular weight is 387 g/mol. The molecule has 1 aromatic carbocycles. The lowest BCUT2D eigenvalue weighted by Gasteiger charge is -2.35. The minimum absolute atomic E-state index is 0.0404. The maximum atomic E-state index is 12.0. The fraction of sp³-hybridized carbons (Fsp3) is 0.429. The van der Waals surface area contributed by atoms with E-state index in [0.29, 0.717) is 5.56 Å². The lowest BCUT2D eigenvalue weighted by molar-refractivity contribution is 0.0827. The molecule has 144 valence electrons. The Labute approximate surface area is 166 Å². The van der Waals surface area contributed by atoms with Crippen LogP contribution in [0.2, 0.25) is 5.02 Å². The molecule has 1 aliphatic heterocycles. The lowest BCUT2D eigenvalue weighted by atomic mass is 10.0. The van der Waals surface area contributed by atoms with Crippen LogP contribution in [-0.4, -0.2) is 54.4 Å². The molecule has 0 radical (unpaired) electrons. The van der Waals surface area contributed by atoms with Gasteiger partial charge in [0.1, 0.15) is 5.82 Å². The van der Waals surface area contributed by atoms with Crippen LogP contribution in [0.3, 0.4) is 0 Å². The number of carbonyl (C=O) groups is 1. The van der Waals surface area contributed by atoms with Crippen molar-refractivity contribution in [3.05, 3.63) is 58.7 Å². The van der Waals surface area contributed by atoms with Crippen LogP contribution >= 0.6 is 11.6 Å². The smallest absolute Gasteiger partial charge is 0.254 e. The van der Waals surface area contributed by atoms with Crippen LogP contribution in [0.5, 0.6) is 0 Å². The standard InChI is InChI=1S/C21H27ClN4O/c1-25(2)21(27)17-8-11-20(23-14-17)24-15-19(26-12-4-3-5-13-26)16-6-9-18(22)10-7-16/h6-11,14,19H,3-5,12-13,15H2,1-2H3,(H,23,24). The maximum absolute atomic E-state index is 12.0. The van der Waals surface area contributed by atoms with Gasteiger partial charge in [0.25, 0.3) is 5.91 Å². The molecule has 1 unspecified atom stereocenters. The van der Waals surface area contributed by atoms with Crippen LogP contribution in [0.4, 0.5) is 5.82 Å². The summed E-state index contributed by atoms with van der Waals surface area (Å²) in [4.78, 5) is 20.5. The summed E-state index contributed by atoms with van der Waals surface area (Å²) in [5.41, 5.74) is 1.85. The molecule has 0 spiro atoms. The first-order chi connectivity index (χ1) is 13.0. The fourth-order valence-corrected chi connectivity index (χ4v) is 3.58. The Kier molecular flexibility index (Phi) is 6.69. The molecular formula is C21H27ClN4O. The van der Waals surface area contributed by atoms with E-state index in [4.69, 9.17) is 11.6 Å². The molecule has 2 heterocycles. The van der Waals surface area contributed by atoms with Crippen molar-refractivity contribution in [2.24, 2.45) is 0 Å². The van der Waals surface area contributed by atoms with Crippen LogP contribution in [0.15, 0.2) is 42.6 Å². The topological polar surface area (TPSA) is 48.5 Å². The summed E-state index contributed by atoms with van der Waals surface area (Å²) in [5, 5.41) is 4.20. The Balaban J connectivity index is 1.70. The van der Waals surface area contributed by atoms with Gasteiger partial charge in [-0.2, -0.15) is 0 Å². The van der Waals surface area contributed by atoms with Crippen molar-refractivity contribution in [3.63, 3.8) is 0 Å². The number of amides is 1. The van der Waals surface area contributed by atoms with Crippen LogP contribution in [0.25, 0.3) is 0 Å². The number of carbonyl (C=O) groups excluding carboxylic acids is 1. The van der Waals surface area contributed by atoms with Crippen molar-refractivity contribution in [3.8, 4) is 0 Å². The van der Waals surface area contributed by atoms with Crippen molar-refractivity contribution in [1.29, 1.82) is 0 Å². The number of aromatic nitrogens is 1. The van der Waals surface area contributed by atoms with E-state index in [1.54, 1.807) is 25.2 Å². The quantitative estimate of drug-likeness (QED) is 0.812. The van der Waals surface area contributed by atoms with Gasteiger partial charge in [-0.1, -0.05) is 30.2 Å². The second kappa shape index (κ2) is 9.20. The van der Waals surface area contributed by atoms with Crippen LogP contribution in [-0.2, 0) is 0 Å². The monoisotopic (exact) mass is 386 g/mol. The second-order valence-electron chi connectivity index (χ2n) is 7.18. The van der Waals surface area contributed by atoms with Gasteiger partial charge in [-0.3, -0.25) is 9.69 Å². The van der Waals surface area contributed by atoms with E-state index < -0.39 is 0 Å². The number of halogens is 1. The summed E-state index contributed by atoms with van der Waals surface area (Å²) < 4.78 is 0. The average Bonchev–Trinajstić information content (AvgIpc) is 2.70. The number of rotatable bonds is 6. The third-order valence-corrected chi connectivity index (χ3v) is 5.23. The summed E-state index contributed by atoms with van der Waals surface area (Å²) in [5.74, 6) is 0.739. The van der Waals surface area contributed by atoms with Crippen molar-refractivity contribution in [2.75, 3.05) is 39.0 Å². The van der Waals surface area contributed by atoms with Gasteiger partial charge in [0, 0.05) is 31.9 Å². The van der Waals surface area contributed by atoms with E-state index in [9.17, 15) is 4.79 Å². The Bertz CT molecular complexity index is 740. The highest BCUT2D eigenvalue weighted by Crippen LogP contribution is 2.26. The molecule has 5 nitrogen and oxygen atoms in total. The largest absolute Gasteiger partial charge is 0.368 e. The minimum atomic E-state index is -0.0404. The molecule has 0 bridgehead atoms. The molecule has 1 saturated heterocycles. The van der Waals surface area contributed by atoms with Crippen molar-refractivity contribution in [1.82, 2.24) is 14.8 Å². The summed E-state index contributed by atoms with van der Waals surface area (Å²) in [6.45, 7) is 2.98. The van der Waals surface area contributed by atoms with E-state index in [-0.39, 0.29) is 11.9 Å². The number of piperidine rings is 1. The molecule has 3 rings (SSSR count). The summed E-state index contributed by atoms with van der Waals surface area (Å²) in [7, 11) is 3.48. The molecule has 0 aliphatic carbocycles. The number of benzene rings is 1. The van der Waals surface area contributed by atoms with Gasteiger partial charge in [-0.05, 0) is 55.8 Å². The molecule has 1 atom stereocenters. The Morgan fingerprint density at radius 3 is 2.44 bits per heavy atom. The molecule has 0 saturated carbocycles. The molecule has 2 aromatic rings. The Morgan fingerprint density at radius 2 is 1.85 bits per heavy atom. The van der Waals surface area contributed by atoms with Gasteiger partial charge in [-0.15, -0.1) is 0 Å². The molecule has 27 heavy (non-hydrogen) atoms. The molecule has 6 heteroatoms. The van der Waals surface area contributed by atoms with Gasteiger partial charge < -0.3 is 10.2 Å². The third-order valence-electron chi connectivity index (χ3n) is 4.98. The molecule has 1 fully saturated rings. The van der Waals surface area contributed by atoms with Gasteiger partial charge in [-0.25, -0.2) is 4.98 Å². The molecule has 1 aromatic heterocycles. The van der Waals surface area contributed by atoms with Crippen molar-refractivity contribution in [2.45, 2.75) is 25.3 Å². The van der Waals surface area contributed by atoms with E-state index >= 15 is 0 Å². The summed E-state index contributed by atoms with van der Waals surface area (Å²) in [6, 6.07) is 12.1. The zero-order valence-electron chi connectivity index (χ0n) is 16.0. The molecule has 1 N–H and O–H groups in total. The Hall–Kier alpha value is -2.11. The zero-order valence-corrected chi connectivity index (χ0v) is 16.7. The highest BCUT2D eigenvalue weighted by Gasteiger charge is 2.22. The van der Waals surface area contributed by atoms with Gasteiger partial charge in [0.2, 0.25) is 0 Å². The number of likely N-dealkylation sites (tertiary alicyclic amines) is 1. The number of nitrogens with zero attached hydrogens (tertiary/aromatic N) is 3. The molecule has 1 amide bonds. The number of anilines is 1. The van der Waals surface area contributed by atoms with Crippen LogP contribution in [0, 0.1) is 0 Å². The van der Waals surface area contributed by atoms with Crippen molar-refractivity contribution >= 4 is 23.3 Å². The molecule has 1 aliphatic rings. The van der Waals surface area contributed by atoms with E-state index in [1.807, 2.05) is 24.3 Å². The van der Waals surface area contributed by atoms with E-state index in [0.717, 1.165) is 30.5 Å². The van der Waals surface area contributed by atoms with Gasteiger partial charge in [0.05, 0.1) is 11.6 Å². The predicted molar refractivity (Wildman–Crippen MR) is 110 cm³/mol. The lowest BCUT2D eigenvalue weighted by Crippen LogP contribution is -2.37. The number of hydrogen-bond donors (Lipinski definition) is 1. The van der Waals surface area contributed by atoms with Crippen LogP contribution in [0.1, 0.15) is 41.2 Å². The third kappa shape index (κ3) is 5.21. The first-order valence-electron chi connectivity index (χ1n) is 9.45. The highest BCUT2D eigenvalue weighted by molar-refractivity contribution is 6.30. The Morgan fingerprint density at radius 1 is 1.15 bits per heavy atom. The van der Waals surface area contributed by atoms with E-state index in [1.165, 1.54) is 24.8 Å². The zero-order chi connectivity index (χ0) is 19.2. The highest BCUT2D eigenvalue weighted by atomic mass is 35.5. The van der Waals surface area contributed by atoms with Gasteiger partial charge >= 0.3 is 0 Å². The maximum Gasteiger partial charge on any atom is 0.254 e. The minimum Gasteiger partial charge on any atom is -0.368 e. The number of nitrogens with one attached hydrogen (secondary N) is 1.